The number of piperidine rings is 2. The summed E-state index contributed by atoms with van der Waals surface area (Å²) in [6.45, 7) is 4.06. The molecule has 1 aromatic rings. The van der Waals surface area contributed by atoms with Crippen molar-refractivity contribution in [2.45, 2.75) is 31.8 Å². The Morgan fingerprint density at radius 2 is 2.15 bits per heavy atom. The minimum Gasteiger partial charge on any atom is -0.371 e. The normalized spacial score (nSPS) is 27.4. The molecule has 2 atom stereocenters. The predicted octanol–water partition coefficient (Wildman–Crippen LogP) is 2.72. The van der Waals surface area contributed by atoms with E-state index in [9.17, 15) is 0 Å². The zero-order chi connectivity index (χ0) is 14.1. The molecule has 2 saturated heterocycles. The molecule has 4 heteroatoms. The second-order valence-electron chi connectivity index (χ2n) is 6.16. The van der Waals surface area contributed by atoms with Crippen molar-refractivity contribution < 1.29 is 0 Å². The molecule has 0 bridgehead atoms. The van der Waals surface area contributed by atoms with Crippen LogP contribution in [0.15, 0.2) is 18.2 Å². The topological polar surface area (TPSA) is 32.5 Å². The van der Waals surface area contributed by atoms with Gasteiger partial charge in [-0.15, -0.1) is 0 Å². The first-order valence-corrected chi connectivity index (χ1v) is 8.00. The summed E-state index contributed by atoms with van der Waals surface area (Å²) < 4.78 is 0. The van der Waals surface area contributed by atoms with Crippen LogP contribution in [0.25, 0.3) is 0 Å². The van der Waals surface area contributed by atoms with Crippen LogP contribution in [-0.2, 0) is 6.54 Å². The fourth-order valence-corrected chi connectivity index (χ4v) is 4.04. The molecule has 0 spiro atoms. The van der Waals surface area contributed by atoms with Gasteiger partial charge in [-0.2, -0.15) is 0 Å². The van der Waals surface area contributed by atoms with Gasteiger partial charge in [0.25, 0.3) is 0 Å². The molecule has 0 radical (unpaired) electrons. The molecule has 0 amide bonds. The van der Waals surface area contributed by atoms with Crippen LogP contribution in [-0.4, -0.2) is 37.6 Å². The monoisotopic (exact) mass is 293 g/mol. The predicted molar refractivity (Wildman–Crippen MR) is 85.3 cm³/mol. The average Bonchev–Trinajstić information content (AvgIpc) is 2.47. The third kappa shape index (κ3) is 2.67. The molecule has 2 aliphatic heterocycles. The number of nitrogens with two attached hydrogens (primary N) is 1. The van der Waals surface area contributed by atoms with Crippen LogP contribution in [0.4, 0.5) is 5.69 Å². The number of hydrogen-bond acceptors (Lipinski definition) is 3. The number of fused-ring (bicyclic) bond motifs is 1. The average molecular weight is 294 g/mol. The van der Waals surface area contributed by atoms with Crippen LogP contribution < -0.4 is 10.6 Å². The molecule has 20 heavy (non-hydrogen) atoms. The standard InChI is InChI=1S/C16H24ClN3/c1-19-7-2-3-13-11-20(8-6-16(13)19)14-5-4-12(10-18)15(17)9-14/h4-5,9,13,16H,2-3,6-8,10-11,18H2,1H3. The Bertz CT molecular complexity index is 477. The van der Waals surface area contributed by atoms with Crippen LogP contribution in [0.3, 0.4) is 0 Å². The van der Waals surface area contributed by atoms with E-state index in [1.54, 1.807) is 0 Å². The third-order valence-corrected chi connectivity index (χ3v) is 5.32. The molecule has 2 N–H and O–H groups in total. The van der Waals surface area contributed by atoms with Gasteiger partial charge in [0.1, 0.15) is 0 Å². The van der Waals surface area contributed by atoms with E-state index in [2.05, 4.69) is 35.0 Å². The smallest absolute Gasteiger partial charge is 0.0471 e. The van der Waals surface area contributed by atoms with Gasteiger partial charge in [0.2, 0.25) is 0 Å². The van der Waals surface area contributed by atoms with Gasteiger partial charge >= 0.3 is 0 Å². The summed E-state index contributed by atoms with van der Waals surface area (Å²) in [4.78, 5) is 5.04. The minimum absolute atomic E-state index is 0.509. The summed E-state index contributed by atoms with van der Waals surface area (Å²) in [7, 11) is 2.28. The fraction of sp³-hybridized carbons (Fsp3) is 0.625. The van der Waals surface area contributed by atoms with E-state index >= 15 is 0 Å². The quantitative estimate of drug-likeness (QED) is 0.910. The molecule has 0 aromatic heterocycles. The minimum atomic E-state index is 0.509. The first-order valence-electron chi connectivity index (χ1n) is 7.62. The van der Waals surface area contributed by atoms with Crippen molar-refractivity contribution in [1.29, 1.82) is 0 Å². The van der Waals surface area contributed by atoms with E-state index in [-0.39, 0.29) is 0 Å². The van der Waals surface area contributed by atoms with E-state index in [1.165, 1.54) is 31.5 Å². The van der Waals surface area contributed by atoms with Crippen molar-refractivity contribution >= 4 is 17.3 Å². The second-order valence-corrected chi connectivity index (χ2v) is 6.57. The Hall–Kier alpha value is -0.770. The Labute approximate surface area is 126 Å². The van der Waals surface area contributed by atoms with Gasteiger partial charge in [-0.1, -0.05) is 17.7 Å². The summed E-state index contributed by atoms with van der Waals surface area (Å²) in [5.41, 5.74) is 7.96. The van der Waals surface area contributed by atoms with Crippen LogP contribution >= 0.6 is 11.6 Å². The highest BCUT2D eigenvalue weighted by atomic mass is 35.5. The van der Waals surface area contributed by atoms with Crippen LogP contribution in [0.5, 0.6) is 0 Å². The maximum atomic E-state index is 6.29. The largest absolute Gasteiger partial charge is 0.371 e. The van der Waals surface area contributed by atoms with E-state index < -0.39 is 0 Å². The lowest BCUT2D eigenvalue weighted by Gasteiger charge is -2.46. The maximum Gasteiger partial charge on any atom is 0.0471 e. The van der Waals surface area contributed by atoms with Crippen LogP contribution in [0, 0.1) is 5.92 Å². The summed E-state index contributed by atoms with van der Waals surface area (Å²) in [5, 5.41) is 0.799. The van der Waals surface area contributed by atoms with Crippen LogP contribution in [0.2, 0.25) is 5.02 Å². The molecule has 3 rings (SSSR count). The SMILES string of the molecule is CN1CCCC2CN(c3ccc(CN)c(Cl)c3)CCC21. The maximum absolute atomic E-state index is 6.29. The van der Waals surface area contributed by atoms with Gasteiger partial charge in [0, 0.05) is 36.4 Å². The number of nitrogens with zero attached hydrogens (tertiary/aromatic N) is 2. The molecular formula is C16H24ClN3. The molecule has 2 fully saturated rings. The van der Waals surface area contributed by atoms with E-state index in [0.717, 1.165) is 35.6 Å². The zero-order valence-corrected chi connectivity index (χ0v) is 12.9. The van der Waals surface area contributed by atoms with Gasteiger partial charge in [-0.05, 0) is 56.5 Å². The van der Waals surface area contributed by atoms with Gasteiger partial charge in [-0.3, -0.25) is 0 Å². The van der Waals surface area contributed by atoms with Crippen molar-refractivity contribution in [2.75, 3.05) is 31.6 Å². The number of likely N-dealkylation sites (tertiary alicyclic amines) is 1. The van der Waals surface area contributed by atoms with Crippen molar-refractivity contribution in [3.8, 4) is 0 Å². The fourth-order valence-electron chi connectivity index (χ4n) is 3.79. The Morgan fingerprint density at radius 3 is 2.90 bits per heavy atom. The summed E-state index contributed by atoms with van der Waals surface area (Å²) >= 11 is 6.29. The summed E-state index contributed by atoms with van der Waals surface area (Å²) in [6, 6.07) is 7.09. The first kappa shape index (κ1) is 14.2. The highest BCUT2D eigenvalue weighted by Gasteiger charge is 2.34. The molecule has 2 heterocycles. The number of halogens is 1. The lowest BCUT2D eigenvalue weighted by atomic mass is 9.84. The van der Waals surface area contributed by atoms with Crippen LogP contribution in [0.1, 0.15) is 24.8 Å². The van der Waals surface area contributed by atoms with Gasteiger partial charge in [-0.25, -0.2) is 0 Å². The molecule has 2 unspecified atom stereocenters. The lowest BCUT2D eigenvalue weighted by molar-refractivity contribution is 0.102. The summed E-state index contributed by atoms with van der Waals surface area (Å²) in [5.74, 6) is 0.801. The summed E-state index contributed by atoms with van der Waals surface area (Å²) in [6.07, 6.45) is 3.95. The molecule has 0 aliphatic carbocycles. The van der Waals surface area contributed by atoms with Crippen molar-refractivity contribution in [3.05, 3.63) is 28.8 Å². The Morgan fingerprint density at radius 1 is 1.30 bits per heavy atom. The second kappa shape index (κ2) is 5.92. The molecule has 3 nitrogen and oxygen atoms in total. The third-order valence-electron chi connectivity index (χ3n) is 4.97. The van der Waals surface area contributed by atoms with E-state index in [0.29, 0.717) is 6.54 Å². The number of benzene rings is 1. The molecule has 110 valence electrons. The van der Waals surface area contributed by atoms with Crippen molar-refractivity contribution in [3.63, 3.8) is 0 Å². The number of anilines is 1. The number of rotatable bonds is 2. The highest BCUT2D eigenvalue weighted by molar-refractivity contribution is 6.31. The molecular weight excluding hydrogens is 270 g/mol. The first-order chi connectivity index (χ1) is 9.69. The van der Waals surface area contributed by atoms with E-state index in [4.69, 9.17) is 17.3 Å². The van der Waals surface area contributed by atoms with Gasteiger partial charge in [0.15, 0.2) is 0 Å². The highest BCUT2D eigenvalue weighted by Crippen LogP contribution is 2.33. The van der Waals surface area contributed by atoms with Gasteiger partial charge in [0.05, 0.1) is 0 Å². The molecule has 1 aromatic carbocycles. The Kier molecular flexibility index (Phi) is 4.20. The Balaban J connectivity index is 1.74. The van der Waals surface area contributed by atoms with Gasteiger partial charge < -0.3 is 15.5 Å². The molecule has 0 saturated carbocycles. The van der Waals surface area contributed by atoms with E-state index in [1.807, 2.05) is 0 Å². The lowest BCUT2D eigenvalue weighted by Crippen LogP contribution is -2.52. The molecule has 2 aliphatic rings. The van der Waals surface area contributed by atoms with Crippen molar-refractivity contribution in [1.82, 2.24) is 4.90 Å². The van der Waals surface area contributed by atoms with Crippen molar-refractivity contribution in [2.24, 2.45) is 11.7 Å². The number of hydrogen-bond donors (Lipinski definition) is 1. The zero-order valence-electron chi connectivity index (χ0n) is 12.2.